The van der Waals surface area contributed by atoms with Gasteiger partial charge in [-0.2, -0.15) is 4.39 Å². The molecule has 0 saturated carbocycles. The molecule has 1 heterocycles. The van der Waals surface area contributed by atoms with E-state index in [-0.39, 0.29) is 0 Å². The molecule has 0 fully saturated rings. The molecule has 0 atom stereocenters. The van der Waals surface area contributed by atoms with Gasteiger partial charge in [0, 0.05) is 35.5 Å². The van der Waals surface area contributed by atoms with Crippen LogP contribution in [0, 0.1) is 9.52 Å². The van der Waals surface area contributed by atoms with E-state index in [1.54, 1.807) is 6.20 Å². The van der Waals surface area contributed by atoms with Gasteiger partial charge in [0.2, 0.25) is 5.95 Å². The lowest BCUT2D eigenvalue weighted by Crippen LogP contribution is -2.37. The van der Waals surface area contributed by atoms with Crippen molar-refractivity contribution >= 4 is 22.6 Å². The van der Waals surface area contributed by atoms with E-state index in [1.807, 2.05) is 0 Å². The van der Waals surface area contributed by atoms with Gasteiger partial charge >= 0.3 is 0 Å². The van der Waals surface area contributed by atoms with E-state index in [0.29, 0.717) is 6.54 Å². The molecule has 0 saturated heterocycles. The molecule has 84 valence electrons. The molecule has 1 aromatic rings. The van der Waals surface area contributed by atoms with Crippen LogP contribution in [0.1, 0.15) is 19.4 Å². The highest BCUT2D eigenvalue weighted by molar-refractivity contribution is 14.1. The number of halogens is 2. The SMILES string of the molecule is CCN(CC)NCc1cnc(F)cc1I. The van der Waals surface area contributed by atoms with Crippen LogP contribution in [0.3, 0.4) is 0 Å². The standard InChI is InChI=1S/C10H15FIN3/c1-3-15(4-2)14-7-8-6-13-10(11)5-9(8)12/h5-6,14H,3-4,7H2,1-2H3. The van der Waals surface area contributed by atoms with Crippen LogP contribution in [0.5, 0.6) is 0 Å². The highest BCUT2D eigenvalue weighted by atomic mass is 127. The summed E-state index contributed by atoms with van der Waals surface area (Å²) in [5.41, 5.74) is 4.28. The smallest absolute Gasteiger partial charge is 0.213 e. The van der Waals surface area contributed by atoms with E-state index in [9.17, 15) is 4.39 Å². The van der Waals surface area contributed by atoms with Crippen molar-refractivity contribution in [3.63, 3.8) is 0 Å². The fourth-order valence-electron chi connectivity index (χ4n) is 1.21. The van der Waals surface area contributed by atoms with Gasteiger partial charge < -0.3 is 0 Å². The van der Waals surface area contributed by atoms with Crippen molar-refractivity contribution in [2.24, 2.45) is 0 Å². The zero-order valence-electron chi connectivity index (χ0n) is 8.93. The Morgan fingerprint density at radius 2 is 2.13 bits per heavy atom. The average Bonchev–Trinajstić information content (AvgIpc) is 2.22. The van der Waals surface area contributed by atoms with Gasteiger partial charge in [0.1, 0.15) is 0 Å². The second-order valence-corrected chi connectivity index (χ2v) is 4.27. The fraction of sp³-hybridized carbons (Fsp3) is 0.500. The number of aromatic nitrogens is 1. The van der Waals surface area contributed by atoms with E-state index in [0.717, 1.165) is 22.2 Å². The monoisotopic (exact) mass is 323 g/mol. The molecule has 0 aliphatic carbocycles. The minimum absolute atomic E-state index is 0.425. The fourth-order valence-corrected chi connectivity index (χ4v) is 1.80. The molecule has 1 aromatic heterocycles. The Morgan fingerprint density at radius 3 is 2.67 bits per heavy atom. The molecule has 0 spiro atoms. The van der Waals surface area contributed by atoms with Crippen molar-refractivity contribution in [3.8, 4) is 0 Å². The zero-order valence-corrected chi connectivity index (χ0v) is 11.1. The normalized spacial score (nSPS) is 11.0. The molecular weight excluding hydrogens is 308 g/mol. The van der Waals surface area contributed by atoms with Crippen LogP contribution < -0.4 is 5.43 Å². The third kappa shape index (κ3) is 4.00. The van der Waals surface area contributed by atoms with Gasteiger partial charge in [-0.05, 0) is 28.2 Å². The summed E-state index contributed by atoms with van der Waals surface area (Å²) >= 11 is 2.12. The van der Waals surface area contributed by atoms with Gasteiger partial charge in [0.25, 0.3) is 0 Å². The van der Waals surface area contributed by atoms with Crippen molar-refractivity contribution in [3.05, 3.63) is 27.3 Å². The van der Waals surface area contributed by atoms with Gasteiger partial charge in [-0.1, -0.05) is 13.8 Å². The molecule has 0 aliphatic heterocycles. The molecule has 1 N–H and O–H groups in total. The number of hydrazine groups is 1. The van der Waals surface area contributed by atoms with Crippen molar-refractivity contribution in [1.82, 2.24) is 15.4 Å². The van der Waals surface area contributed by atoms with Crippen LogP contribution in [0.15, 0.2) is 12.3 Å². The van der Waals surface area contributed by atoms with E-state index in [4.69, 9.17) is 0 Å². The number of hydrogen-bond acceptors (Lipinski definition) is 3. The molecule has 0 unspecified atom stereocenters. The lowest BCUT2D eigenvalue weighted by Gasteiger charge is -2.19. The van der Waals surface area contributed by atoms with Gasteiger partial charge in [0.05, 0.1) is 0 Å². The number of rotatable bonds is 5. The lowest BCUT2D eigenvalue weighted by molar-refractivity contribution is 0.205. The quantitative estimate of drug-likeness (QED) is 0.511. The Balaban J connectivity index is 2.57. The predicted molar refractivity (Wildman–Crippen MR) is 66.7 cm³/mol. The minimum Gasteiger partial charge on any atom is -0.251 e. The minimum atomic E-state index is -0.425. The summed E-state index contributed by atoms with van der Waals surface area (Å²) in [7, 11) is 0. The lowest BCUT2D eigenvalue weighted by atomic mass is 10.3. The first kappa shape index (κ1) is 12.8. The molecular formula is C10H15FIN3. The maximum absolute atomic E-state index is 12.7. The van der Waals surface area contributed by atoms with Crippen molar-refractivity contribution < 1.29 is 4.39 Å². The van der Waals surface area contributed by atoms with E-state index in [1.165, 1.54) is 6.07 Å². The molecule has 1 rings (SSSR count). The van der Waals surface area contributed by atoms with Crippen molar-refractivity contribution in [1.29, 1.82) is 0 Å². The third-order valence-corrected chi connectivity index (χ3v) is 3.16. The zero-order chi connectivity index (χ0) is 11.3. The van der Waals surface area contributed by atoms with Crippen molar-refractivity contribution in [2.45, 2.75) is 20.4 Å². The maximum atomic E-state index is 12.7. The topological polar surface area (TPSA) is 28.2 Å². The maximum Gasteiger partial charge on any atom is 0.213 e. The van der Waals surface area contributed by atoms with Crippen LogP contribution in [0.4, 0.5) is 4.39 Å². The number of pyridine rings is 1. The highest BCUT2D eigenvalue weighted by Crippen LogP contribution is 2.11. The van der Waals surface area contributed by atoms with Crippen LogP contribution >= 0.6 is 22.6 Å². The third-order valence-electron chi connectivity index (χ3n) is 2.15. The van der Waals surface area contributed by atoms with Gasteiger partial charge in [-0.15, -0.1) is 0 Å². The molecule has 5 heteroatoms. The van der Waals surface area contributed by atoms with Crippen molar-refractivity contribution in [2.75, 3.05) is 13.1 Å². The molecule has 0 radical (unpaired) electrons. The summed E-state index contributed by atoms with van der Waals surface area (Å²) in [6, 6.07) is 1.44. The summed E-state index contributed by atoms with van der Waals surface area (Å²) in [5, 5.41) is 2.10. The predicted octanol–water partition coefficient (Wildman–Crippen LogP) is 2.17. The van der Waals surface area contributed by atoms with Crippen LogP contribution in [0.25, 0.3) is 0 Å². The number of nitrogens with zero attached hydrogens (tertiary/aromatic N) is 2. The van der Waals surface area contributed by atoms with E-state index >= 15 is 0 Å². The molecule has 15 heavy (non-hydrogen) atoms. The summed E-state index contributed by atoms with van der Waals surface area (Å²) in [6.45, 7) is 6.76. The summed E-state index contributed by atoms with van der Waals surface area (Å²) < 4.78 is 13.6. The Morgan fingerprint density at radius 1 is 1.47 bits per heavy atom. The van der Waals surface area contributed by atoms with Gasteiger partial charge in [0.15, 0.2) is 0 Å². The van der Waals surface area contributed by atoms with Crippen LogP contribution in [-0.4, -0.2) is 23.1 Å². The Labute approximate surface area is 103 Å². The molecule has 3 nitrogen and oxygen atoms in total. The summed E-state index contributed by atoms with van der Waals surface area (Å²) in [6.07, 6.45) is 1.58. The summed E-state index contributed by atoms with van der Waals surface area (Å²) in [4.78, 5) is 3.64. The molecule has 0 aromatic carbocycles. The largest absolute Gasteiger partial charge is 0.251 e. The first-order chi connectivity index (χ1) is 7.17. The van der Waals surface area contributed by atoms with Crippen LogP contribution in [0.2, 0.25) is 0 Å². The Bertz CT molecular complexity index is 316. The first-order valence-electron chi connectivity index (χ1n) is 4.95. The average molecular weight is 323 g/mol. The van der Waals surface area contributed by atoms with Gasteiger partial charge in [-0.3, -0.25) is 5.43 Å². The molecule has 0 aliphatic rings. The Kier molecular flexibility index (Phi) is 5.41. The van der Waals surface area contributed by atoms with Gasteiger partial charge in [-0.25, -0.2) is 9.99 Å². The summed E-state index contributed by atoms with van der Waals surface area (Å²) in [5.74, 6) is -0.425. The Hall–Kier alpha value is -0.270. The second-order valence-electron chi connectivity index (χ2n) is 3.11. The van der Waals surface area contributed by atoms with E-state index in [2.05, 4.69) is 51.9 Å². The first-order valence-corrected chi connectivity index (χ1v) is 6.03. The number of hydrogen-bond donors (Lipinski definition) is 1. The molecule has 0 bridgehead atoms. The van der Waals surface area contributed by atoms with Crippen LogP contribution in [-0.2, 0) is 6.54 Å². The van der Waals surface area contributed by atoms with E-state index < -0.39 is 5.95 Å². The molecule has 0 amide bonds. The highest BCUT2D eigenvalue weighted by Gasteiger charge is 2.04. The second kappa shape index (κ2) is 6.34. The number of nitrogens with one attached hydrogen (secondary N) is 1.